The van der Waals surface area contributed by atoms with Crippen molar-refractivity contribution in [3.63, 3.8) is 0 Å². The van der Waals surface area contributed by atoms with E-state index in [4.69, 9.17) is 16.1 Å². The molecule has 1 aliphatic rings. The minimum atomic E-state index is -1.24. The van der Waals surface area contributed by atoms with Crippen molar-refractivity contribution >= 4 is 23.3 Å². The second kappa shape index (κ2) is 5.17. The Labute approximate surface area is 127 Å². The molecule has 7 heteroatoms. The molecule has 6 nitrogen and oxygen atoms in total. The largest absolute Gasteiger partial charge is 0.369 e. The van der Waals surface area contributed by atoms with Gasteiger partial charge in [-0.2, -0.15) is 5.26 Å². The van der Waals surface area contributed by atoms with Crippen molar-refractivity contribution in [3.8, 4) is 6.07 Å². The molecule has 1 amide bonds. The van der Waals surface area contributed by atoms with Gasteiger partial charge in [0.1, 0.15) is 16.7 Å². The summed E-state index contributed by atoms with van der Waals surface area (Å²) in [4.78, 5) is 13.1. The van der Waals surface area contributed by atoms with E-state index in [1.807, 2.05) is 26.8 Å². The van der Waals surface area contributed by atoms with Gasteiger partial charge in [-0.3, -0.25) is 9.69 Å². The highest BCUT2D eigenvalue weighted by Crippen LogP contribution is 2.38. The molecule has 1 aromatic rings. The summed E-state index contributed by atoms with van der Waals surface area (Å²) in [6.45, 7) is 7.34. The highest BCUT2D eigenvalue weighted by molar-refractivity contribution is 6.45. The lowest BCUT2D eigenvalue weighted by atomic mass is 9.85. The van der Waals surface area contributed by atoms with Crippen LogP contribution in [-0.2, 0) is 10.2 Å². The molecule has 2 rings (SSSR count). The fourth-order valence-corrected chi connectivity index (χ4v) is 2.26. The van der Waals surface area contributed by atoms with Gasteiger partial charge in [0.2, 0.25) is 0 Å². The number of carbonyl (C=O) groups excluding carboxylic acids is 1. The van der Waals surface area contributed by atoms with Crippen LogP contribution >= 0.6 is 11.6 Å². The number of hydrogen-bond donors (Lipinski definition) is 1. The lowest BCUT2D eigenvalue weighted by Crippen LogP contribution is -2.36. The Morgan fingerprint density at radius 1 is 1.57 bits per heavy atom. The van der Waals surface area contributed by atoms with Crippen LogP contribution in [-0.4, -0.2) is 22.4 Å². The fraction of sp³-hybridized carbons (Fsp3) is 0.500. The molecular weight excluding hydrogens is 294 g/mol. The van der Waals surface area contributed by atoms with Gasteiger partial charge in [-0.1, -0.05) is 37.5 Å². The van der Waals surface area contributed by atoms with Gasteiger partial charge in [0.25, 0.3) is 5.91 Å². The maximum absolute atomic E-state index is 12.1. The zero-order valence-electron chi connectivity index (χ0n) is 12.3. The average molecular weight is 310 g/mol. The van der Waals surface area contributed by atoms with Crippen molar-refractivity contribution in [2.45, 2.75) is 45.8 Å². The molecule has 0 spiro atoms. The number of aliphatic hydroxyl groups excluding tert-OH is 1. The fourth-order valence-electron chi connectivity index (χ4n) is 2.07. The van der Waals surface area contributed by atoms with Crippen LogP contribution in [0, 0.1) is 11.3 Å². The molecular formula is C14H16ClN3O3. The molecule has 0 saturated heterocycles. The Kier molecular flexibility index (Phi) is 3.83. The first kappa shape index (κ1) is 15.5. The number of nitrogens with zero attached hydrogens (tertiary/aromatic N) is 3. The summed E-state index contributed by atoms with van der Waals surface area (Å²) in [6, 6.07) is 2.01. The summed E-state index contributed by atoms with van der Waals surface area (Å²) in [6.07, 6.45) is -0.509. The van der Waals surface area contributed by atoms with Crippen molar-refractivity contribution < 1.29 is 14.4 Å². The average Bonchev–Trinajstić information content (AvgIpc) is 2.96. The third-order valence-corrected chi connectivity index (χ3v) is 4.36. The van der Waals surface area contributed by atoms with Gasteiger partial charge in [-0.25, -0.2) is 0 Å². The summed E-state index contributed by atoms with van der Waals surface area (Å²) >= 11 is 5.86. The highest BCUT2D eigenvalue weighted by atomic mass is 35.5. The van der Waals surface area contributed by atoms with Crippen LogP contribution in [0.5, 0.6) is 0 Å². The Morgan fingerprint density at radius 3 is 2.62 bits per heavy atom. The molecule has 0 radical (unpaired) electrons. The topological polar surface area (TPSA) is 90.4 Å². The van der Waals surface area contributed by atoms with Gasteiger partial charge in [0.15, 0.2) is 17.8 Å². The van der Waals surface area contributed by atoms with Gasteiger partial charge in [-0.15, -0.1) is 0 Å². The summed E-state index contributed by atoms with van der Waals surface area (Å²) in [5, 5.41) is 23.3. The molecule has 0 fully saturated rings. The molecule has 1 aromatic heterocycles. The van der Waals surface area contributed by atoms with Crippen LogP contribution < -0.4 is 4.90 Å². The number of halogens is 1. The number of nitriles is 1. The minimum Gasteiger partial charge on any atom is -0.369 e. The molecule has 1 unspecified atom stereocenters. The summed E-state index contributed by atoms with van der Waals surface area (Å²) in [5.41, 5.74) is 0.0642. The molecule has 0 bridgehead atoms. The van der Waals surface area contributed by atoms with E-state index < -0.39 is 17.6 Å². The zero-order valence-corrected chi connectivity index (χ0v) is 13.0. The number of anilines is 1. The molecule has 2 heterocycles. The number of aliphatic hydroxyl groups is 1. The minimum absolute atomic E-state index is 0.00141. The molecule has 1 atom stereocenters. The third-order valence-electron chi connectivity index (χ3n) is 3.90. The van der Waals surface area contributed by atoms with Gasteiger partial charge in [-0.05, 0) is 13.3 Å². The normalized spacial score (nSPS) is 19.4. The van der Waals surface area contributed by atoms with Gasteiger partial charge < -0.3 is 9.63 Å². The Morgan fingerprint density at radius 2 is 2.19 bits per heavy atom. The predicted octanol–water partition coefficient (Wildman–Crippen LogP) is 2.41. The highest BCUT2D eigenvalue weighted by Gasteiger charge is 2.41. The summed E-state index contributed by atoms with van der Waals surface area (Å²) < 4.78 is 5.28. The van der Waals surface area contributed by atoms with E-state index in [2.05, 4.69) is 5.16 Å². The van der Waals surface area contributed by atoms with Crippen molar-refractivity contribution in [2.75, 3.05) is 4.90 Å². The van der Waals surface area contributed by atoms with E-state index in [1.165, 1.54) is 0 Å². The molecule has 1 N–H and O–H groups in total. The standard InChI is InChI=1S/C14H16ClN3O3/c1-5-14(3,4)10-8(6-16)11(17-21-10)18-12(19)7(2)9(15)13(18)20/h12,19H,5H2,1-4H3. The van der Waals surface area contributed by atoms with Crippen LogP contribution in [0.2, 0.25) is 0 Å². The Balaban J connectivity index is 2.54. The zero-order chi connectivity index (χ0) is 15.9. The first-order valence-corrected chi connectivity index (χ1v) is 6.92. The van der Waals surface area contributed by atoms with Gasteiger partial charge in [0, 0.05) is 11.0 Å². The third kappa shape index (κ3) is 2.23. The molecule has 1 aliphatic heterocycles. The van der Waals surface area contributed by atoms with Crippen LogP contribution in [0.1, 0.15) is 45.4 Å². The van der Waals surface area contributed by atoms with Crippen LogP contribution in [0.3, 0.4) is 0 Å². The van der Waals surface area contributed by atoms with Crippen molar-refractivity contribution in [3.05, 3.63) is 21.9 Å². The van der Waals surface area contributed by atoms with Crippen LogP contribution in [0.15, 0.2) is 15.1 Å². The molecule has 21 heavy (non-hydrogen) atoms. The maximum Gasteiger partial charge on any atom is 0.273 e. The molecule has 0 aliphatic carbocycles. The van der Waals surface area contributed by atoms with E-state index >= 15 is 0 Å². The Hall–Kier alpha value is -1.84. The second-order valence-electron chi connectivity index (χ2n) is 5.61. The quantitative estimate of drug-likeness (QED) is 0.926. The van der Waals surface area contributed by atoms with E-state index in [9.17, 15) is 15.2 Å². The lowest BCUT2D eigenvalue weighted by molar-refractivity contribution is -0.115. The number of rotatable bonds is 3. The van der Waals surface area contributed by atoms with Crippen LogP contribution in [0.25, 0.3) is 0 Å². The first-order chi connectivity index (χ1) is 9.76. The smallest absolute Gasteiger partial charge is 0.273 e. The van der Waals surface area contributed by atoms with Crippen molar-refractivity contribution in [1.82, 2.24) is 5.16 Å². The Bertz CT molecular complexity index is 669. The number of aromatic nitrogens is 1. The van der Waals surface area contributed by atoms with Crippen molar-refractivity contribution in [2.24, 2.45) is 0 Å². The lowest BCUT2D eigenvalue weighted by Gasteiger charge is -2.20. The number of hydrogen-bond acceptors (Lipinski definition) is 5. The second-order valence-corrected chi connectivity index (χ2v) is 5.98. The summed E-state index contributed by atoms with van der Waals surface area (Å²) in [7, 11) is 0. The number of amides is 1. The first-order valence-electron chi connectivity index (χ1n) is 6.54. The van der Waals surface area contributed by atoms with Crippen molar-refractivity contribution in [1.29, 1.82) is 5.26 Å². The predicted molar refractivity (Wildman–Crippen MR) is 76.6 cm³/mol. The van der Waals surface area contributed by atoms with E-state index in [1.54, 1.807) is 6.92 Å². The summed E-state index contributed by atoms with van der Waals surface area (Å²) in [5.74, 6) is -0.197. The van der Waals surface area contributed by atoms with Gasteiger partial charge >= 0.3 is 0 Å². The van der Waals surface area contributed by atoms with E-state index in [-0.39, 0.29) is 16.4 Å². The molecule has 112 valence electrons. The van der Waals surface area contributed by atoms with Gasteiger partial charge in [0.05, 0.1) is 0 Å². The number of carbonyl (C=O) groups is 1. The maximum atomic E-state index is 12.1. The van der Waals surface area contributed by atoms with Crippen LogP contribution in [0.4, 0.5) is 5.82 Å². The molecule has 0 aromatic carbocycles. The van der Waals surface area contributed by atoms with E-state index in [0.29, 0.717) is 11.3 Å². The SMILES string of the molecule is CCC(C)(C)c1onc(N2C(=O)C(Cl)=C(C)C2O)c1C#N. The van der Waals surface area contributed by atoms with E-state index in [0.717, 1.165) is 11.3 Å². The molecule has 0 saturated carbocycles. The monoisotopic (exact) mass is 309 g/mol.